The first-order valence-corrected chi connectivity index (χ1v) is 11.7. The molecular weight excluding hydrogens is 478 g/mol. The highest BCUT2D eigenvalue weighted by molar-refractivity contribution is 5.97. The Labute approximate surface area is 218 Å². The minimum atomic E-state index is -0.684. The van der Waals surface area contributed by atoms with E-state index in [0.29, 0.717) is 37.9 Å². The molecule has 3 N–H and O–H groups in total. The van der Waals surface area contributed by atoms with Crippen molar-refractivity contribution in [3.8, 4) is 0 Å². The molecule has 0 aliphatic heterocycles. The lowest BCUT2D eigenvalue weighted by Crippen LogP contribution is -2.46. The number of alkyl carbamates (subject to hydrolysis) is 1. The van der Waals surface area contributed by atoms with Crippen LogP contribution in [-0.4, -0.2) is 30.5 Å². The number of unbranched alkanes of at least 4 members (excludes halogenated alkanes) is 1. The Morgan fingerprint density at radius 3 is 1.94 bits per heavy atom. The summed E-state index contributed by atoms with van der Waals surface area (Å²) in [5, 5.41) is 8.47. The number of carbonyl (C=O) groups is 3. The molecule has 0 aliphatic rings. The summed E-state index contributed by atoms with van der Waals surface area (Å²) in [7, 11) is 0. The number of amides is 3. The van der Waals surface area contributed by atoms with E-state index in [-0.39, 0.29) is 30.8 Å². The van der Waals surface area contributed by atoms with Crippen LogP contribution in [0.4, 0.5) is 4.79 Å². The number of hydrogen-bond donors (Lipinski definition) is 3. The van der Waals surface area contributed by atoms with Gasteiger partial charge in [-0.3, -0.25) is 9.59 Å². The molecule has 36 heavy (non-hydrogen) atoms. The highest BCUT2D eigenvalue weighted by Gasteiger charge is 2.21. The van der Waals surface area contributed by atoms with Crippen molar-refractivity contribution >= 4 is 30.3 Å². The van der Waals surface area contributed by atoms with Gasteiger partial charge < -0.3 is 20.7 Å². The highest BCUT2D eigenvalue weighted by Crippen LogP contribution is 2.06. The standard InChI is InChI=1S/C28H31N3O4.ClH/c32-26(24-16-8-3-9-17-24)31-25(27(33)30-20-22-12-4-1-5-13-22)18-10-11-19-29-28(34)35-21-23-14-6-2-7-15-23;/h1-9,12-17,25H,10-11,18-21H2,(H,29,34)(H,30,33)(H,31,32);1H. The minimum Gasteiger partial charge on any atom is -0.445 e. The Balaban J connectivity index is 0.00000456. The van der Waals surface area contributed by atoms with Crippen molar-refractivity contribution in [3.05, 3.63) is 108 Å². The molecule has 0 saturated heterocycles. The number of halogens is 1. The van der Waals surface area contributed by atoms with Crippen molar-refractivity contribution in [1.82, 2.24) is 16.0 Å². The van der Waals surface area contributed by atoms with Crippen molar-refractivity contribution in [3.63, 3.8) is 0 Å². The van der Waals surface area contributed by atoms with E-state index in [1.807, 2.05) is 66.7 Å². The van der Waals surface area contributed by atoms with E-state index in [2.05, 4.69) is 16.0 Å². The normalized spacial score (nSPS) is 10.9. The Bertz CT molecular complexity index is 1070. The summed E-state index contributed by atoms with van der Waals surface area (Å²) in [5.74, 6) is -0.540. The van der Waals surface area contributed by atoms with Crippen LogP contribution in [0.15, 0.2) is 91.0 Å². The molecule has 3 rings (SSSR count). The number of benzene rings is 3. The third-order valence-corrected chi connectivity index (χ3v) is 5.37. The second-order valence-electron chi connectivity index (χ2n) is 8.08. The fraction of sp³-hybridized carbons (Fsp3) is 0.250. The van der Waals surface area contributed by atoms with Gasteiger partial charge >= 0.3 is 6.09 Å². The molecule has 0 saturated carbocycles. The lowest BCUT2D eigenvalue weighted by molar-refractivity contribution is -0.123. The van der Waals surface area contributed by atoms with Crippen molar-refractivity contribution < 1.29 is 19.1 Å². The molecule has 1 unspecified atom stereocenters. The summed E-state index contributed by atoms with van der Waals surface area (Å²) in [6.45, 7) is 1.01. The first-order valence-electron chi connectivity index (χ1n) is 11.7. The average Bonchev–Trinajstić information content (AvgIpc) is 2.91. The summed E-state index contributed by atoms with van der Waals surface area (Å²) in [4.78, 5) is 37.4. The largest absolute Gasteiger partial charge is 0.445 e. The zero-order valence-electron chi connectivity index (χ0n) is 20.0. The summed E-state index contributed by atoms with van der Waals surface area (Å²) in [6.07, 6.45) is 1.24. The lowest BCUT2D eigenvalue weighted by Gasteiger charge is -2.19. The van der Waals surface area contributed by atoms with Gasteiger partial charge in [-0.1, -0.05) is 78.9 Å². The number of ether oxygens (including phenoxy) is 1. The van der Waals surface area contributed by atoms with E-state index in [4.69, 9.17) is 4.74 Å². The van der Waals surface area contributed by atoms with E-state index in [1.165, 1.54) is 0 Å². The fourth-order valence-corrected chi connectivity index (χ4v) is 3.45. The van der Waals surface area contributed by atoms with Gasteiger partial charge in [-0.2, -0.15) is 0 Å². The molecule has 0 heterocycles. The fourth-order valence-electron chi connectivity index (χ4n) is 3.45. The molecule has 8 heteroatoms. The first kappa shape index (κ1) is 28.4. The van der Waals surface area contributed by atoms with Crippen molar-refractivity contribution in [2.45, 2.75) is 38.5 Å². The SMILES string of the molecule is Cl.O=C(NCCCCC(NC(=O)c1ccccc1)C(=O)NCc1ccccc1)OCc1ccccc1. The van der Waals surface area contributed by atoms with Crippen LogP contribution < -0.4 is 16.0 Å². The summed E-state index contributed by atoms with van der Waals surface area (Å²) >= 11 is 0. The van der Waals surface area contributed by atoms with Crippen LogP contribution in [0.2, 0.25) is 0 Å². The maximum atomic E-state index is 12.9. The molecule has 3 aromatic rings. The first-order chi connectivity index (χ1) is 17.1. The Morgan fingerprint density at radius 1 is 0.722 bits per heavy atom. The van der Waals surface area contributed by atoms with Gasteiger partial charge in [0.25, 0.3) is 5.91 Å². The minimum absolute atomic E-state index is 0. The molecule has 0 fully saturated rings. The number of rotatable bonds is 12. The van der Waals surface area contributed by atoms with E-state index in [1.54, 1.807) is 24.3 Å². The number of nitrogens with one attached hydrogen (secondary N) is 3. The maximum absolute atomic E-state index is 12.9. The van der Waals surface area contributed by atoms with Gasteiger partial charge in [0.15, 0.2) is 0 Å². The zero-order chi connectivity index (χ0) is 24.7. The van der Waals surface area contributed by atoms with Crippen LogP contribution in [0.1, 0.15) is 40.7 Å². The van der Waals surface area contributed by atoms with Gasteiger partial charge in [-0.05, 0) is 42.5 Å². The summed E-state index contributed by atoms with van der Waals surface area (Å²) < 4.78 is 5.20. The van der Waals surface area contributed by atoms with Gasteiger partial charge in [0.2, 0.25) is 5.91 Å². The molecule has 0 aromatic heterocycles. The highest BCUT2D eigenvalue weighted by atomic mass is 35.5. The van der Waals surface area contributed by atoms with Crippen LogP contribution in [0.3, 0.4) is 0 Å². The molecule has 0 spiro atoms. The van der Waals surface area contributed by atoms with Gasteiger partial charge in [-0.25, -0.2) is 4.79 Å². The topological polar surface area (TPSA) is 96.5 Å². The second-order valence-corrected chi connectivity index (χ2v) is 8.08. The summed E-state index contributed by atoms with van der Waals surface area (Å²) in [6, 6.07) is 27.2. The predicted molar refractivity (Wildman–Crippen MR) is 142 cm³/mol. The van der Waals surface area contributed by atoms with E-state index < -0.39 is 12.1 Å². The average molecular weight is 510 g/mol. The van der Waals surface area contributed by atoms with Crippen LogP contribution >= 0.6 is 12.4 Å². The molecule has 190 valence electrons. The Hall–Kier alpha value is -3.84. The molecular formula is C28H32ClN3O4. The van der Waals surface area contributed by atoms with Crippen LogP contribution in [0.5, 0.6) is 0 Å². The molecule has 3 aromatic carbocycles. The molecule has 0 radical (unpaired) electrons. The third-order valence-electron chi connectivity index (χ3n) is 5.37. The van der Waals surface area contributed by atoms with Gasteiger partial charge in [0.05, 0.1) is 0 Å². The van der Waals surface area contributed by atoms with Crippen molar-refractivity contribution in [2.24, 2.45) is 0 Å². The molecule has 0 bridgehead atoms. The Morgan fingerprint density at radius 2 is 1.31 bits per heavy atom. The number of carbonyl (C=O) groups excluding carboxylic acids is 3. The van der Waals surface area contributed by atoms with Gasteiger partial charge in [0, 0.05) is 18.7 Å². The molecule has 3 amide bonds. The molecule has 7 nitrogen and oxygen atoms in total. The summed E-state index contributed by atoms with van der Waals surface area (Å²) in [5.41, 5.74) is 2.39. The van der Waals surface area contributed by atoms with Crippen molar-refractivity contribution in [1.29, 1.82) is 0 Å². The second kappa shape index (κ2) is 15.9. The smallest absolute Gasteiger partial charge is 0.407 e. The van der Waals surface area contributed by atoms with Gasteiger partial charge in [-0.15, -0.1) is 12.4 Å². The van der Waals surface area contributed by atoms with E-state index >= 15 is 0 Å². The number of hydrogen-bond acceptors (Lipinski definition) is 4. The maximum Gasteiger partial charge on any atom is 0.407 e. The van der Waals surface area contributed by atoms with Gasteiger partial charge in [0.1, 0.15) is 12.6 Å². The third kappa shape index (κ3) is 10.2. The van der Waals surface area contributed by atoms with Crippen LogP contribution in [-0.2, 0) is 22.7 Å². The monoisotopic (exact) mass is 509 g/mol. The Kier molecular flexibility index (Phi) is 12.6. The van der Waals surface area contributed by atoms with E-state index in [0.717, 1.165) is 11.1 Å². The van der Waals surface area contributed by atoms with E-state index in [9.17, 15) is 14.4 Å². The van der Waals surface area contributed by atoms with Crippen LogP contribution in [0.25, 0.3) is 0 Å². The molecule has 0 aliphatic carbocycles. The predicted octanol–water partition coefficient (Wildman–Crippen LogP) is 4.62. The quantitative estimate of drug-likeness (QED) is 0.310. The lowest BCUT2D eigenvalue weighted by atomic mass is 10.1. The molecule has 1 atom stereocenters. The van der Waals surface area contributed by atoms with Crippen molar-refractivity contribution in [2.75, 3.05) is 6.54 Å². The zero-order valence-corrected chi connectivity index (χ0v) is 20.8. The van der Waals surface area contributed by atoms with Crippen LogP contribution in [0, 0.1) is 0 Å².